The minimum Gasteiger partial charge on any atom is -0.152 e. The largest absolute Gasteiger partial charge is 0.214 e. The van der Waals surface area contributed by atoms with E-state index in [-0.39, 0.29) is 0 Å². The van der Waals surface area contributed by atoms with Crippen LogP contribution in [0, 0.1) is 0 Å². The summed E-state index contributed by atoms with van der Waals surface area (Å²) in [5.41, 5.74) is 0.878. The smallest absolute Gasteiger partial charge is 0.152 e. The minimum absolute atomic E-state index is 0.878. The van der Waals surface area contributed by atoms with Gasteiger partial charge in [0.05, 0.1) is 0 Å². The molecular weight excluding hydrogens is 340 g/mol. The Morgan fingerprint density at radius 2 is 1.50 bits per heavy atom. The number of hydrogen-bond donors (Lipinski definition) is 0. The Morgan fingerprint density at radius 1 is 0.944 bits per heavy atom. The number of halogens is 1. The van der Waals surface area contributed by atoms with E-state index in [9.17, 15) is 0 Å². The van der Waals surface area contributed by atoms with Gasteiger partial charge in [-0.05, 0) is 16.3 Å². The van der Waals surface area contributed by atoms with E-state index in [2.05, 4.69) is 50.3 Å². The van der Waals surface area contributed by atoms with Crippen LogP contribution in [-0.4, -0.2) is 6.69 Å². The lowest BCUT2D eigenvalue weighted by Crippen LogP contribution is -2.54. The first kappa shape index (κ1) is 13.1. The molecule has 1 aliphatic carbocycles. The molecule has 1 aliphatic rings. The number of hydrogen-bond acceptors (Lipinski definition) is 2. The lowest BCUT2D eigenvalue weighted by Gasteiger charge is -2.35. The van der Waals surface area contributed by atoms with Crippen LogP contribution in [0.1, 0.15) is 32.1 Å². The molecule has 3 rings (SSSR count). The van der Waals surface area contributed by atoms with Crippen LogP contribution in [0.4, 0.5) is 0 Å². The lowest BCUT2D eigenvalue weighted by molar-refractivity contribution is 0.499. The van der Waals surface area contributed by atoms with Crippen molar-refractivity contribution < 1.29 is 0 Å². The van der Waals surface area contributed by atoms with Crippen molar-refractivity contribution in [2.75, 3.05) is 0 Å². The average Bonchev–Trinajstić information content (AvgIpc) is 3.12. The van der Waals surface area contributed by atoms with E-state index in [1.807, 2.05) is 22.7 Å². The summed E-state index contributed by atoms with van der Waals surface area (Å²) < 4.78 is 3.22. The first-order valence-electron chi connectivity index (χ1n) is 6.58. The van der Waals surface area contributed by atoms with Crippen LogP contribution in [-0.2, 0) is 0 Å². The lowest BCUT2D eigenvalue weighted by atomic mass is 10.0. The van der Waals surface area contributed by atoms with Crippen molar-refractivity contribution in [1.82, 2.24) is 0 Å². The molecule has 0 aromatic carbocycles. The van der Waals surface area contributed by atoms with Gasteiger partial charge in [0.2, 0.25) is 6.69 Å². The van der Waals surface area contributed by atoms with Gasteiger partial charge in [-0.2, -0.15) is 22.7 Å². The van der Waals surface area contributed by atoms with Gasteiger partial charge in [0.15, 0.2) is 0 Å². The Bertz CT molecular complexity index is 438. The zero-order chi connectivity index (χ0) is 12.4. The summed E-state index contributed by atoms with van der Waals surface area (Å²) in [6.07, 6.45) is 7.09. The molecule has 0 amide bonds. The third kappa shape index (κ3) is 2.28. The Kier molecular flexibility index (Phi) is 4.08. The van der Waals surface area contributed by atoms with Crippen molar-refractivity contribution in [2.45, 2.75) is 37.6 Å². The van der Waals surface area contributed by atoms with E-state index in [1.165, 1.54) is 32.1 Å². The van der Waals surface area contributed by atoms with Gasteiger partial charge in [0.25, 0.3) is 0 Å². The van der Waals surface area contributed by atoms with E-state index in [1.54, 1.807) is 9.00 Å². The molecule has 0 N–H and O–H groups in total. The average molecular weight is 357 g/mol. The topological polar surface area (TPSA) is 0 Å². The van der Waals surface area contributed by atoms with Gasteiger partial charge in [-0.3, -0.25) is 0 Å². The third-order valence-electron chi connectivity index (χ3n) is 3.93. The van der Waals surface area contributed by atoms with Gasteiger partial charge >= 0.3 is 0 Å². The van der Waals surface area contributed by atoms with Crippen LogP contribution >= 0.6 is 38.0 Å². The van der Waals surface area contributed by atoms with E-state index < -0.39 is 6.69 Å². The summed E-state index contributed by atoms with van der Waals surface area (Å²) in [7, 11) is 0. The highest BCUT2D eigenvalue weighted by Crippen LogP contribution is 2.41. The SMILES string of the molecule is Br[Si](c1cccs1)(c1cccs1)C1CCCCC1. The van der Waals surface area contributed by atoms with E-state index in [0.717, 1.165) is 5.54 Å². The zero-order valence-electron chi connectivity index (χ0n) is 10.3. The molecule has 0 radical (unpaired) electrons. The maximum Gasteiger partial charge on any atom is 0.214 e. The van der Waals surface area contributed by atoms with Crippen LogP contribution in [0.15, 0.2) is 35.0 Å². The van der Waals surface area contributed by atoms with Crippen molar-refractivity contribution in [3.63, 3.8) is 0 Å². The highest BCUT2D eigenvalue weighted by molar-refractivity contribution is 9.27. The molecule has 0 bridgehead atoms. The molecular formula is C14H17BrS2Si. The van der Waals surface area contributed by atoms with Crippen molar-refractivity contribution in [2.24, 2.45) is 0 Å². The van der Waals surface area contributed by atoms with Crippen LogP contribution < -0.4 is 9.00 Å². The van der Waals surface area contributed by atoms with Crippen molar-refractivity contribution in [3.8, 4) is 0 Å². The monoisotopic (exact) mass is 356 g/mol. The van der Waals surface area contributed by atoms with Gasteiger partial charge in [0, 0.05) is 9.00 Å². The Balaban J connectivity index is 2.02. The summed E-state index contributed by atoms with van der Waals surface area (Å²) in [4.78, 5) is 0. The van der Waals surface area contributed by atoms with Crippen molar-refractivity contribution in [1.29, 1.82) is 0 Å². The van der Waals surface area contributed by atoms with Crippen LogP contribution in [0.3, 0.4) is 0 Å². The van der Waals surface area contributed by atoms with Gasteiger partial charge in [0.1, 0.15) is 0 Å². The standard InChI is InChI=1S/C14H17BrS2Si/c15-18(13-8-4-10-16-13,14-9-5-11-17-14)12-6-2-1-3-7-12/h4-5,8-12H,1-3,6-7H2. The zero-order valence-corrected chi connectivity index (χ0v) is 14.5. The molecule has 96 valence electrons. The Labute approximate surface area is 126 Å². The highest BCUT2D eigenvalue weighted by Gasteiger charge is 2.44. The predicted molar refractivity (Wildman–Crippen MR) is 89.4 cm³/mol. The van der Waals surface area contributed by atoms with Crippen molar-refractivity contribution >= 4 is 53.7 Å². The fourth-order valence-electron chi connectivity index (χ4n) is 3.00. The molecule has 0 saturated heterocycles. The molecule has 1 fully saturated rings. The summed E-state index contributed by atoms with van der Waals surface area (Å²) >= 11 is 8.17. The maximum atomic E-state index is 4.28. The molecule has 1 saturated carbocycles. The van der Waals surface area contributed by atoms with Gasteiger partial charge in [-0.1, -0.05) is 56.4 Å². The fourth-order valence-corrected chi connectivity index (χ4v) is 14.3. The first-order chi connectivity index (χ1) is 8.82. The molecule has 4 heteroatoms. The molecule has 0 unspecified atom stereocenters. The fraction of sp³-hybridized carbons (Fsp3) is 0.429. The number of thiophene rings is 2. The van der Waals surface area contributed by atoms with Crippen LogP contribution in [0.5, 0.6) is 0 Å². The molecule has 0 atom stereocenters. The predicted octanol–water partition coefficient (Wildman–Crippen LogP) is 4.60. The van der Waals surface area contributed by atoms with Crippen molar-refractivity contribution in [3.05, 3.63) is 35.0 Å². The minimum atomic E-state index is -1.65. The second-order valence-corrected chi connectivity index (χ2v) is 14.7. The Morgan fingerprint density at radius 3 is 1.94 bits per heavy atom. The third-order valence-corrected chi connectivity index (χ3v) is 17.5. The maximum absolute atomic E-state index is 4.28. The summed E-state index contributed by atoms with van der Waals surface area (Å²) in [5, 5.41) is 4.46. The summed E-state index contributed by atoms with van der Waals surface area (Å²) in [6.45, 7) is -1.65. The second kappa shape index (κ2) is 5.61. The molecule has 2 heterocycles. The Hall–Kier alpha value is 0.0969. The molecule has 0 spiro atoms. The van der Waals surface area contributed by atoms with E-state index in [0.29, 0.717) is 0 Å². The van der Waals surface area contributed by atoms with Crippen LogP contribution in [0.2, 0.25) is 5.54 Å². The first-order valence-corrected chi connectivity index (χ1v) is 12.7. The van der Waals surface area contributed by atoms with E-state index in [4.69, 9.17) is 0 Å². The molecule has 2 aromatic rings. The van der Waals surface area contributed by atoms with Gasteiger partial charge < -0.3 is 0 Å². The number of rotatable bonds is 3. The second-order valence-electron chi connectivity index (χ2n) is 5.00. The summed E-state index contributed by atoms with van der Waals surface area (Å²) in [5.74, 6) is 0. The van der Waals surface area contributed by atoms with E-state index >= 15 is 0 Å². The molecule has 2 aromatic heterocycles. The molecule has 0 nitrogen and oxygen atoms in total. The quantitative estimate of drug-likeness (QED) is 0.556. The summed E-state index contributed by atoms with van der Waals surface area (Å²) in [6, 6.07) is 9.11. The van der Waals surface area contributed by atoms with Gasteiger partial charge in [-0.15, -0.1) is 15.3 Å². The van der Waals surface area contributed by atoms with Gasteiger partial charge in [-0.25, -0.2) is 0 Å². The highest BCUT2D eigenvalue weighted by atomic mass is 79.9. The van der Waals surface area contributed by atoms with Crippen LogP contribution in [0.25, 0.3) is 0 Å². The molecule has 18 heavy (non-hydrogen) atoms. The normalized spacial score (nSPS) is 18.1. The molecule has 0 aliphatic heterocycles.